The highest BCUT2D eigenvalue weighted by molar-refractivity contribution is 7.80. The first kappa shape index (κ1) is 20.4. The lowest BCUT2D eigenvalue weighted by atomic mass is 9.77. The van der Waals surface area contributed by atoms with Crippen molar-refractivity contribution in [2.45, 2.75) is 36.9 Å². The van der Waals surface area contributed by atoms with Gasteiger partial charge in [-0.05, 0) is 36.8 Å². The first-order valence-electron chi connectivity index (χ1n) is 8.49. The lowest BCUT2D eigenvalue weighted by Crippen LogP contribution is -2.61. The number of carbonyl (C=O) groups excluding carboxylic acids is 1. The zero-order valence-corrected chi connectivity index (χ0v) is 15.3. The van der Waals surface area contributed by atoms with Crippen molar-refractivity contribution >= 4 is 28.9 Å². The summed E-state index contributed by atoms with van der Waals surface area (Å²) in [6.45, 7) is -0.0349. The Morgan fingerprint density at radius 1 is 1.43 bits per heavy atom. The van der Waals surface area contributed by atoms with Crippen LogP contribution < -0.4 is 15.5 Å². The molecule has 0 unspecified atom stereocenters. The van der Waals surface area contributed by atoms with Gasteiger partial charge in [-0.3, -0.25) is 4.79 Å². The van der Waals surface area contributed by atoms with Crippen LogP contribution in [0, 0.1) is 18.3 Å². The number of benzene rings is 1. The molecule has 4 N–H and O–H groups in total. The number of amides is 1. The summed E-state index contributed by atoms with van der Waals surface area (Å²) < 4.78 is 39.4. The number of anilines is 1. The molecule has 1 heterocycles. The zero-order valence-electron chi connectivity index (χ0n) is 14.5. The van der Waals surface area contributed by atoms with Crippen molar-refractivity contribution in [1.82, 2.24) is 10.6 Å². The molecule has 0 radical (unpaired) electrons. The normalized spacial score (nSPS) is 29.6. The summed E-state index contributed by atoms with van der Waals surface area (Å²) >= 11 is 5.27. The Hall–Kier alpha value is -2.35. The molecule has 1 saturated heterocycles. The number of rotatable bonds is 3. The maximum Gasteiger partial charge on any atom is 0.416 e. The van der Waals surface area contributed by atoms with Gasteiger partial charge in [0.2, 0.25) is 5.91 Å². The van der Waals surface area contributed by atoms with E-state index < -0.39 is 47.9 Å². The average molecular weight is 413 g/mol. The average Bonchev–Trinajstić information content (AvgIpc) is 2.99. The lowest BCUT2D eigenvalue weighted by molar-refractivity contribution is -0.137. The van der Waals surface area contributed by atoms with Crippen LogP contribution in [0.1, 0.15) is 12.0 Å². The standard InChI is InChI=1S/C18H18F3N3O3S/c1-2-6-22-16(27)11-8-12(25)15(26)13-14(11)24(17(28)23-13)10-5-3-4-9(7-10)18(19,20)21/h1,3-5,7,11-15,25-26H,6,8H2,(H,22,27)(H,23,28)/t11-,12-,13-,14-,15+/m1/s1. The largest absolute Gasteiger partial charge is 0.416 e. The smallest absolute Gasteiger partial charge is 0.390 e. The maximum atomic E-state index is 13.1. The van der Waals surface area contributed by atoms with E-state index >= 15 is 0 Å². The van der Waals surface area contributed by atoms with Crippen LogP contribution in [-0.4, -0.2) is 52.1 Å². The summed E-state index contributed by atoms with van der Waals surface area (Å²) in [5.74, 6) is 0.951. The van der Waals surface area contributed by atoms with Gasteiger partial charge < -0.3 is 25.7 Å². The van der Waals surface area contributed by atoms with Crippen molar-refractivity contribution in [1.29, 1.82) is 0 Å². The minimum absolute atomic E-state index is 0.0349. The summed E-state index contributed by atoms with van der Waals surface area (Å²) in [7, 11) is 0. The molecule has 5 atom stereocenters. The molecule has 1 aliphatic heterocycles. The Labute approximate surface area is 164 Å². The third kappa shape index (κ3) is 3.65. The van der Waals surface area contributed by atoms with E-state index in [9.17, 15) is 28.2 Å². The van der Waals surface area contributed by atoms with Crippen LogP contribution >= 0.6 is 12.2 Å². The van der Waals surface area contributed by atoms with Crippen molar-refractivity contribution in [3.05, 3.63) is 29.8 Å². The van der Waals surface area contributed by atoms with E-state index in [1.54, 1.807) is 0 Å². The molecule has 1 saturated carbocycles. The summed E-state index contributed by atoms with van der Waals surface area (Å²) in [5, 5.41) is 25.9. The number of hydrogen-bond donors (Lipinski definition) is 4. The molecule has 10 heteroatoms. The molecule has 1 aromatic carbocycles. The topological polar surface area (TPSA) is 84.8 Å². The number of terminal acetylenes is 1. The van der Waals surface area contributed by atoms with Gasteiger partial charge in [0.05, 0.1) is 36.2 Å². The van der Waals surface area contributed by atoms with Gasteiger partial charge in [0.15, 0.2) is 5.11 Å². The fraction of sp³-hybridized carbons (Fsp3) is 0.444. The van der Waals surface area contributed by atoms with Crippen molar-refractivity contribution in [2.24, 2.45) is 5.92 Å². The third-order valence-electron chi connectivity index (χ3n) is 5.00. The number of nitrogens with zero attached hydrogens (tertiary/aromatic N) is 1. The van der Waals surface area contributed by atoms with Gasteiger partial charge in [0.25, 0.3) is 0 Å². The molecule has 28 heavy (non-hydrogen) atoms. The molecule has 0 bridgehead atoms. The Bertz CT molecular complexity index is 826. The number of halogens is 3. The van der Waals surface area contributed by atoms with Gasteiger partial charge >= 0.3 is 6.18 Å². The minimum atomic E-state index is -4.55. The summed E-state index contributed by atoms with van der Waals surface area (Å²) in [6.07, 6.45) is -1.91. The van der Waals surface area contributed by atoms with E-state index in [1.165, 1.54) is 17.0 Å². The van der Waals surface area contributed by atoms with Crippen molar-refractivity contribution in [3.63, 3.8) is 0 Å². The SMILES string of the molecule is C#CCNC(=O)[C@@H]1C[C@@H](O)[C@H](O)[C@@H]2NC(=S)N(c3cccc(C(F)(F)F)c3)[C@@H]21. The quantitative estimate of drug-likeness (QED) is 0.430. The van der Waals surface area contributed by atoms with E-state index in [2.05, 4.69) is 16.6 Å². The van der Waals surface area contributed by atoms with E-state index in [1.807, 2.05) is 0 Å². The first-order chi connectivity index (χ1) is 13.1. The number of thiocarbonyl (C=S) groups is 1. The Kier molecular flexibility index (Phi) is 5.52. The predicted octanol–water partition coefficient (Wildman–Crippen LogP) is 0.628. The highest BCUT2D eigenvalue weighted by atomic mass is 32.1. The van der Waals surface area contributed by atoms with E-state index in [4.69, 9.17) is 18.6 Å². The van der Waals surface area contributed by atoms with Gasteiger partial charge in [0, 0.05) is 5.69 Å². The number of aliphatic hydroxyl groups is 2. The molecule has 2 fully saturated rings. The summed E-state index contributed by atoms with van der Waals surface area (Å²) in [5.41, 5.74) is -0.723. The van der Waals surface area contributed by atoms with Crippen molar-refractivity contribution in [3.8, 4) is 12.3 Å². The van der Waals surface area contributed by atoms with Crippen LogP contribution in [0.4, 0.5) is 18.9 Å². The number of aliphatic hydroxyl groups excluding tert-OH is 2. The highest BCUT2D eigenvalue weighted by Gasteiger charge is 2.54. The number of alkyl halides is 3. The lowest BCUT2D eigenvalue weighted by Gasteiger charge is -2.41. The van der Waals surface area contributed by atoms with Crippen LogP contribution in [0.2, 0.25) is 0 Å². The maximum absolute atomic E-state index is 13.1. The molecular weight excluding hydrogens is 395 g/mol. The summed E-state index contributed by atoms with van der Waals surface area (Å²) in [6, 6.07) is 2.95. The monoisotopic (exact) mass is 413 g/mol. The molecule has 0 aromatic heterocycles. The molecule has 1 aliphatic carbocycles. The zero-order chi connectivity index (χ0) is 20.6. The van der Waals surface area contributed by atoms with Crippen LogP contribution in [0.3, 0.4) is 0 Å². The third-order valence-corrected chi connectivity index (χ3v) is 5.31. The van der Waals surface area contributed by atoms with E-state index in [0.717, 1.165) is 12.1 Å². The molecule has 1 amide bonds. The molecular formula is C18H18F3N3O3S. The Balaban J connectivity index is 2.00. The number of nitrogens with one attached hydrogen (secondary N) is 2. The van der Waals surface area contributed by atoms with Crippen LogP contribution in [0.15, 0.2) is 24.3 Å². The molecule has 1 aromatic rings. The fourth-order valence-electron chi connectivity index (χ4n) is 3.74. The molecule has 2 aliphatic rings. The van der Waals surface area contributed by atoms with Gasteiger partial charge in [0.1, 0.15) is 6.10 Å². The number of fused-ring (bicyclic) bond motifs is 1. The van der Waals surface area contributed by atoms with Gasteiger partial charge in [-0.1, -0.05) is 12.0 Å². The van der Waals surface area contributed by atoms with Crippen LogP contribution in [0.5, 0.6) is 0 Å². The Morgan fingerprint density at radius 3 is 2.79 bits per heavy atom. The van der Waals surface area contributed by atoms with E-state index in [-0.39, 0.29) is 23.8 Å². The van der Waals surface area contributed by atoms with Gasteiger partial charge in [-0.15, -0.1) is 6.42 Å². The predicted molar refractivity (Wildman–Crippen MR) is 99.2 cm³/mol. The van der Waals surface area contributed by atoms with E-state index in [0.29, 0.717) is 0 Å². The fourth-order valence-corrected chi connectivity index (χ4v) is 4.11. The van der Waals surface area contributed by atoms with Gasteiger partial charge in [-0.2, -0.15) is 13.2 Å². The van der Waals surface area contributed by atoms with Gasteiger partial charge in [-0.25, -0.2) is 0 Å². The van der Waals surface area contributed by atoms with Crippen molar-refractivity contribution < 1.29 is 28.2 Å². The second-order valence-electron chi connectivity index (χ2n) is 6.71. The van der Waals surface area contributed by atoms with Crippen LogP contribution in [0.25, 0.3) is 0 Å². The number of hydrogen-bond acceptors (Lipinski definition) is 4. The van der Waals surface area contributed by atoms with Crippen LogP contribution in [-0.2, 0) is 11.0 Å². The Morgan fingerprint density at radius 2 is 2.14 bits per heavy atom. The second kappa shape index (κ2) is 7.58. The second-order valence-corrected chi connectivity index (χ2v) is 7.09. The number of carbonyl (C=O) groups is 1. The molecule has 6 nitrogen and oxygen atoms in total. The molecule has 150 valence electrons. The first-order valence-corrected chi connectivity index (χ1v) is 8.90. The minimum Gasteiger partial charge on any atom is -0.390 e. The highest BCUT2D eigenvalue weighted by Crippen LogP contribution is 2.38. The molecule has 3 rings (SSSR count). The van der Waals surface area contributed by atoms with Crippen molar-refractivity contribution in [2.75, 3.05) is 11.4 Å². The summed E-state index contributed by atoms with van der Waals surface area (Å²) in [4.78, 5) is 14.0. The molecule has 0 spiro atoms.